The molecule has 1 rings (SSSR count). The Morgan fingerprint density at radius 1 is 0.660 bits per heavy atom. The predicted octanol–water partition coefficient (Wildman–Crippen LogP) is 3.88. The van der Waals surface area contributed by atoms with Crippen LogP contribution >= 0.6 is 27.4 Å². The molecule has 1 aliphatic rings. The van der Waals surface area contributed by atoms with Gasteiger partial charge in [-0.2, -0.15) is 0 Å². The summed E-state index contributed by atoms with van der Waals surface area (Å²) in [5.74, 6) is -0.687. The Hall–Kier alpha value is -0.450. The number of aliphatic hydroxyl groups excluding tert-OH is 4. The summed E-state index contributed by atoms with van der Waals surface area (Å²) in [5.41, 5.74) is 0. The number of carbonyl (C=O) groups excluding carboxylic acids is 2. The van der Waals surface area contributed by atoms with Gasteiger partial charge in [0.2, 0.25) is 0 Å². The second kappa shape index (κ2) is 23.9. The monoisotopic (exact) mass is 738 g/mol. The number of thioether (sulfide) groups is 1. The maximum absolute atomic E-state index is 12.7. The largest absolute Gasteiger partial charge is 0.472 e. The first-order valence-corrected chi connectivity index (χ1v) is 20.6. The third-order valence-corrected chi connectivity index (χ3v) is 10.2. The van der Waals surface area contributed by atoms with Crippen molar-refractivity contribution in [1.82, 2.24) is 0 Å². The van der Waals surface area contributed by atoms with Gasteiger partial charge in [0.1, 0.15) is 42.7 Å². The van der Waals surface area contributed by atoms with Crippen LogP contribution in [0, 0.1) is 0 Å². The average molecular weight is 739 g/mol. The maximum atomic E-state index is 12.7. The minimum Gasteiger partial charge on any atom is -0.459 e. The van der Waals surface area contributed by atoms with Gasteiger partial charge in [0.25, 0.3) is 0 Å². The first kappa shape index (κ1) is 44.6. The van der Waals surface area contributed by atoms with Gasteiger partial charge in [0.15, 0.2) is 5.12 Å². The summed E-state index contributed by atoms with van der Waals surface area (Å²) in [5, 5.41) is 40.5. The standard InChI is InChI=1S/C29H56O15P2S/c1-3-5-6-7-8-9-10-11-12-13-14-15-16-18-22(30)42-21(20-47-23(31)17-4-2)19-41-46(39,40)44-29-26(34)24(32)25(33)28(27(29)35)43-45(36,37)38/h21,24-29,32-35H,3-20H2,1-2H3,(H,39,40)(H2,36,37,38)/t21-,24+,25?,26+,27?,28-,29?/m0/s1. The van der Waals surface area contributed by atoms with E-state index in [4.69, 9.17) is 23.6 Å². The maximum Gasteiger partial charge on any atom is 0.472 e. The predicted molar refractivity (Wildman–Crippen MR) is 174 cm³/mol. The van der Waals surface area contributed by atoms with Crippen LogP contribution in [0.15, 0.2) is 0 Å². The van der Waals surface area contributed by atoms with Crippen LogP contribution in [-0.4, -0.2) is 101 Å². The van der Waals surface area contributed by atoms with Gasteiger partial charge in [-0.15, -0.1) is 0 Å². The van der Waals surface area contributed by atoms with E-state index < -0.39 is 70.9 Å². The van der Waals surface area contributed by atoms with Crippen LogP contribution in [0.5, 0.6) is 0 Å². The van der Waals surface area contributed by atoms with Crippen molar-refractivity contribution in [3.63, 3.8) is 0 Å². The normalized spacial score (nSPS) is 25.3. The van der Waals surface area contributed by atoms with Gasteiger partial charge in [0, 0.05) is 18.6 Å². The van der Waals surface area contributed by atoms with Crippen molar-refractivity contribution in [2.24, 2.45) is 0 Å². The summed E-state index contributed by atoms with van der Waals surface area (Å²) >= 11 is 0.852. The number of unbranched alkanes of at least 4 members (excludes halogenated alkanes) is 12. The number of rotatable bonds is 26. The highest BCUT2D eigenvalue weighted by molar-refractivity contribution is 8.13. The smallest absolute Gasteiger partial charge is 0.459 e. The molecule has 0 saturated heterocycles. The summed E-state index contributed by atoms with van der Waals surface area (Å²) in [4.78, 5) is 53.0. The van der Waals surface area contributed by atoms with Crippen LogP contribution in [0.2, 0.25) is 0 Å². The van der Waals surface area contributed by atoms with E-state index >= 15 is 0 Å². The van der Waals surface area contributed by atoms with Crippen LogP contribution in [0.3, 0.4) is 0 Å². The van der Waals surface area contributed by atoms with Gasteiger partial charge in [0.05, 0.1) is 6.61 Å². The highest BCUT2D eigenvalue weighted by Gasteiger charge is 2.54. The number of esters is 1. The lowest BCUT2D eigenvalue weighted by molar-refractivity contribution is -0.216. The molecule has 278 valence electrons. The zero-order valence-corrected chi connectivity index (χ0v) is 30.1. The van der Waals surface area contributed by atoms with E-state index in [0.29, 0.717) is 12.8 Å². The molecule has 8 atom stereocenters. The van der Waals surface area contributed by atoms with E-state index in [2.05, 4.69) is 11.4 Å². The molecule has 47 heavy (non-hydrogen) atoms. The molecule has 0 aliphatic heterocycles. The molecule has 0 radical (unpaired) electrons. The summed E-state index contributed by atoms with van der Waals surface area (Å²) in [6.45, 7) is 3.30. The second-order valence-electron chi connectivity index (χ2n) is 11.9. The molecule has 1 saturated carbocycles. The number of phosphoric acid groups is 2. The Bertz CT molecular complexity index is 983. The highest BCUT2D eigenvalue weighted by Crippen LogP contribution is 2.49. The van der Waals surface area contributed by atoms with Gasteiger partial charge >= 0.3 is 21.6 Å². The number of ether oxygens (including phenoxy) is 1. The third kappa shape index (κ3) is 19.5. The number of hydrogen-bond acceptors (Lipinski definition) is 13. The zero-order valence-electron chi connectivity index (χ0n) is 27.5. The highest BCUT2D eigenvalue weighted by atomic mass is 32.2. The number of aliphatic hydroxyl groups is 4. The van der Waals surface area contributed by atoms with Crippen LogP contribution in [0.1, 0.15) is 117 Å². The second-order valence-corrected chi connectivity index (χ2v) is 15.6. The Balaban J connectivity index is 2.60. The van der Waals surface area contributed by atoms with Crippen molar-refractivity contribution in [2.45, 2.75) is 159 Å². The molecule has 0 bridgehead atoms. The zero-order chi connectivity index (χ0) is 35.5. The Morgan fingerprint density at radius 3 is 1.64 bits per heavy atom. The molecule has 1 fully saturated rings. The van der Waals surface area contributed by atoms with Crippen molar-refractivity contribution < 1.29 is 72.1 Å². The Labute approximate surface area is 282 Å². The summed E-state index contributed by atoms with van der Waals surface area (Å²) in [6, 6.07) is 0. The topological polar surface area (TPSA) is 247 Å². The van der Waals surface area contributed by atoms with Gasteiger partial charge in [-0.25, -0.2) is 9.13 Å². The molecule has 15 nitrogen and oxygen atoms in total. The van der Waals surface area contributed by atoms with E-state index in [1.807, 2.05) is 6.92 Å². The molecule has 18 heteroatoms. The molecule has 0 amide bonds. The lowest BCUT2D eigenvalue weighted by atomic mass is 9.85. The third-order valence-electron chi connectivity index (χ3n) is 7.65. The number of hydrogen-bond donors (Lipinski definition) is 7. The number of phosphoric ester groups is 2. The van der Waals surface area contributed by atoms with E-state index in [0.717, 1.165) is 37.4 Å². The van der Waals surface area contributed by atoms with Crippen LogP contribution in [-0.2, 0) is 37.0 Å². The van der Waals surface area contributed by atoms with Crippen LogP contribution in [0.25, 0.3) is 0 Å². The van der Waals surface area contributed by atoms with Gasteiger partial charge in [-0.05, 0) is 12.8 Å². The minimum atomic E-state index is -5.33. The molecular weight excluding hydrogens is 682 g/mol. The number of carbonyl (C=O) groups is 2. The van der Waals surface area contributed by atoms with Gasteiger partial charge in [-0.1, -0.05) is 103 Å². The summed E-state index contributed by atoms with van der Waals surface area (Å²) in [7, 11) is -10.5. The summed E-state index contributed by atoms with van der Waals surface area (Å²) in [6.07, 6.45) is 1.31. The Morgan fingerprint density at radius 2 is 1.15 bits per heavy atom. The van der Waals surface area contributed by atoms with Gasteiger partial charge < -0.3 is 39.8 Å². The van der Waals surface area contributed by atoms with Crippen molar-refractivity contribution in [3.8, 4) is 0 Å². The molecule has 0 aromatic rings. The fraction of sp³-hybridized carbons (Fsp3) is 0.931. The van der Waals surface area contributed by atoms with Crippen molar-refractivity contribution >= 4 is 38.5 Å². The first-order chi connectivity index (χ1) is 22.1. The van der Waals surface area contributed by atoms with Crippen LogP contribution in [0.4, 0.5) is 0 Å². The van der Waals surface area contributed by atoms with E-state index in [-0.39, 0.29) is 23.7 Å². The van der Waals surface area contributed by atoms with Crippen molar-refractivity contribution in [2.75, 3.05) is 12.4 Å². The van der Waals surface area contributed by atoms with E-state index in [1.54, 1.807) is 0 Å². The van der Waals surface area contributed by atoms with Gasteiger partial charge in [-0.3, -0.25) is 23.2 Å². The molecule has 1 aliphatic carbocycles. The molecule has 7 N–H and O–H groups in total. The van der Waals surface area contributed by atoms with Crippen LogP contribution < -0.4 is 0 Å². The molecule has 4 unspecified atom stereocenters. The Kier molecular flexibility index (Phi) is 22.6. The lowest BCUT2D eigenvalue weighted by Crippen LogP contribution is -2.64. The molecule has 0 spiro atoms. The molecule has 0 heterocycles. The first-order valence-electron chi connectivity index (χ1n) is 16.6. The van der Waals surface area contributed by atoms with E-state index in [9.17, 15) is 44.0 Å². The lowest BCUT2D eigenvalue weighted by Gasteiger charge is -2.43. The fourth-order valence-corrected chi connectivity index (χ4v) is 7.49. The molecule has 0 aromatic carbocycles. The molecule has 0 aromatic heterocycles. The quantitative estimate of drug-likeness (QED) is 0.0378. The fourth-order valence-electron chi connectivity index (χ4n) is 5.06. The van der Waals surface area contributed by atoms with Crippen molar-refractivity contribution in [1.29, 1.82) is 0 Å². The average Bonchev–Trinajstić information content (AvgIpc) is 3.00. The van der Waals surface area contributed by atoms with E-state index in [1.165, 1.54) is 51.4 Å². The molecular formula is C29H56O15P2S. The SMILES string of the molecule is CCCCCCCCCCCCCCCC(=O)O[C@@H](COP(=O)(O)OC1C(O)[C@@H](OP(=O)(O)O)C(O)[C@@H](O)[C@H]1O)CSC(=O)CCC. The van der Waals surface area contributed by atoms with Crippen molar-refractivity contribution in [3.05, 3.63) is 0 Å². The minimum absolute atomic E-state index is 0.0940. The summed E-state index contributed by atoms with van der Waals surface area (Å²) < 4.78 is 43.4.